The van der Waals surface area contributed by atoms with Gasteiger partial charge in [-0.05, 0) is 63.8 Å². The average molecular weight is 620 g/mol. The van der Waals surface area contributed by atoms with Crippen LogP contribution >= 0.6 is 0 Å². The zero-order chi connectivity index (χ0) is 30.7. The summed E-state index contributed by atoms with van der Waals surface area (Å²) >= 11 is 0. The predicted octanol–water partition coefficient (Wildman–Crippen LogP) is 5.24. The van der Waals surface area contributed by atoms with Gasteiger partial charge in [-0.25, -0.2) is 36.5 Å². The van der Waals surface area contributed by atoms with E-state index in [4.69, 9.17) is 9.47 Å². The fourth-order valence-electron chi connectivity index (χ4n) is 5.43. The molecule has 1 N–H and O–H groups in total. The van der Waals surface area contributed by atoms with Gasteiger partial charge >= 0.3 is 0 Å². The number of carbonyl (C=O) groups is 1. The molecule has 6 rings (SSSR count). The summed E-state index contributed by atoms with van der Waals surface area (Å²) in [6.07, 6.45) is -1.91. The Bertz CT molecular complexity index is 1730. The Morgan fingerprint density at radius 1 is 1.19 bits per heavy atom. The molecule has 3 atom stereocenters. The lowest BCUT2D eigenvalue weighted by atomic mass is 10.1. The molecule has 3 aromatic rings. The van der Waals surface area contributed by atoms with Crippen molar-refractivity contribution in [2.24, 2.45) is 10.9 Å². The molecule has 14 heteroatoms. The van der Waals surface area contributed by atoms with E-state index >= 15 is 0 Å². The third-order valence-corrected chi connectivity index (χ3v) is 8.85. The Morgan fingerprint density at radius 3 is 2.56 bits per heavy atom. The molecule has 10 nitrogen and oxygen atoms in total. The van der Waals surface area contributed by atoms with E-state index in [0.717, 1.165) is 19.1 Å². The van der Waals surface area contributed by atoms with Gasteiger partial charge in [0.2, 0.25) is 5.90 Å². The summed E-state index contributed by atoms with van der Waals surface area (Å²) in [5.74, 6) is -1.30. The Hall–Kier alpha value is -3.52. The van der Waals surface area contributed by atoms with Crippen molar-refractivity contribution in [2.75, 3.05) is 24.8 Å². The lowest BCUT2D eigenvalue weighted by Gasteiger charge is -2.25. The fourth-order valence-corrected chi connectivity index (χ4v) is 6.29. The van der Waals surface area contributed by atoms with E-state index in [0.29, 0.717) is 31.1 Å². The summed E-state index contributed by atoms with van der Waals surface area (Å²) in [4.78, 5) is 25.9. The first-order valence-corrected chi connectivity index (χ1v) is 16.0. The van der Waals surface area contributed by atoms with Crippen molar-refractivity contribution in [1.82, 2.24) is 14.5 Å². The van der Waals surface area contributed by atoms with Crippen LogP contribution in [0.2, 0.25) is 0 Å². The average Bonchev–Trinajstić information content (AvgIpc) is 3.38. The smallest absolute Gasteiger partial charge is 0.295 e. The third kappa shape index (κ3) is 5.99. The minimum Gasteiger partial charge on any atom is -0.475 e. The molecule has 0 bridgehead atoms. The topological polar surface area (TPSA) is 125 Å². The molecular weight excluding hydrogens is 587 g/mol. The van der Waals surface area contributed by atoms with E-state index in [1.54, 1.807) is 6.07 Å². The molecule has 3 aliphatic rings. The molecule has 4 heterocycles. The Kier molecular flexibility index (Phi) is 7.48. The fraction of sp³-hybridized carbons (Fsp3) is 0.517. The SMILES string of the molecule is CC1(C)COC(c2ccc(Nc3cc(CC(=O)[C@H]4C[C@H]4F)nc4c3nc(C(F)F)n4C3CCCCO3)c(S(C)(=O)=O)c2)=N1. The minimum atomic E-state index is -3.81. The van der Waals surface area contributed by atoms with Crippen LogP contribution in [0.15, 0.2) is 34.2 Å². The normalized spacial score (nSPS) is 23.3. The first kappa shape index (κ1) is 29.5. The van der Waals surface area contributed by atoms with Crippen LogP contribution in [-0.4, -0.2) is 65.8 Å². The van der Waals surface area contributed by atoms with E-state index < -0.39 is 45.9 Å². The van der Waals surface area contributed by atoms with Crippen LogP contribution in [0, 0.1) is 5.92 Å². The zero-order valence-corrected chi connectivity index (χ0v) is 24.8. The molecule has 2 aliphatic heterocycles. The summed E-state index contributed by atoms with van der Waals surface area (Å²) in [7, 11) is -3.81. The van der Waals surface area contributed by atoms with E-state index in [-0.39, 0.29) is 51.8 Å². The molecule has 1 unspecified atom stereocenters. The number of ketones is 1. The van der Waals surface area contributed by atoms with Crippen LogP contribution in [0.25, 0.3) is 11.2 Å². The van der Waals surface area contributed by atoms with Gasteiger partial charge in [0.1, 0.15) is 30.3 Å². The number of nitrogens with zero attached hydrogens (tertiary/aromatic N) is 4. The number of aliphatic imine (C=N–C) groups is 1. The van der Waals surface area contributed by atoms with Crippen LogP contribution in [0.3, 0.4) is 0 Å². The summed E-state index contributed by atoms with van der Waals surface area (Å²) in [6.45, 7) is 4.52. The van der Waals surface area contributed by atoms with Crippen LogP contribution < -0.4 is 5.32 Å². The molecule has 0 amide bonds. The van der Waals surface area contributed by atoms with E-state index in [2.05, 4.69) is 20.3 Å². The van der Waals surface area contributed by atoms with Gasteiger partial charge in [0.25, 0.3) is 6.43 Å². The highest BCUT2D eigenvalue weighted by atomic mass is 32.2. The van der Waals surface area contributed by atoms with Crippen molar-refractivity contribution in [3.8, 4) is 0 Å². The number of aromatic nitrogens is 3. The molecule has 2 fully saturated rings. The van der Waals surface area contributed by atoms with Gasteiger partial charge in [-0.15, -0.1) is 0 Å². The number of hydrogen-bond donors (Lipinski definition) is 1. The van der Waals surface area contributed by atoms with Gasteiger partial charge in [0, 0.05) is 24.8 Å². The van der Waals surface area contributed by atoms with Gasteiger partial charge < -0.3 is 14.8 Å². The number of imidazole rings is 1. The van der Waals surface area contributed by atoms with Gasteiger partial charge in [-0.3, -0.25) is 9.36 Å². The molecule has 230 valence electrons. The maximum atomic E-state index is 14.3. The number of hydrogen-bond acceptors (Lipinski definition) is 9. The van der Waals surface area contributed by atoms with Gasteiger partial charge in [-0.1, -0.05) is 0 Å². The second kappa shape index (κ2) is 10.9. The van der Waals surface area contributed by atoms with Crippen molar-refractivity contribution in [3.05, 3.63) is 41.3 Å². The molecule has 2 aromatic heterocycles. The molecule has 1 saturated carbocycles. The summed E-state index contributed by atoms with van der Waals surface area (Å²) in [6, 6.07) is 6.09. The highest BCUT2D eigenvalue weighted by Crippen LogP contribution is 2.38. The summed E-state index contributed by atoms with van der Waals surface area (Å²) < 4.78 is 80.9. The highest BCUT2D eigenvalue weighted by Gasteiger charge is 2.43. The van der Waals surface area contributed by atoms with Gasteiger partial charge in [0.15, 0.2) is 21.3 Å². The van der Waals surface area contributed by atoms with Crippen LogP contribution in [0.1, 0.15) is 69.3 Å². The lowest BCUT2D eigenvalue weighted by molar-refractivity contribution is -0.120. The minimum absolute atomic E-state index is 0.0595. The van der Waals surface area contributed by atoms with Crippen molar-refractivity contribution in [3.63, 3.8) is 0 Å². The van der Waals surface area contributed by atoms with Crippen molar-refractivity contribution in [1.29, 1.82) is 0 Å². The second-order valence-corrected chi connectivity index (χ2v) is 13.9. The number of carbonyl (C=O) groups excluding carboxylic acids is 1. The summed E-state index contributed by atoms with van der Waals surface area (Å²) in [5, 5.41) is 3.06. The standard InChI is InChI=1S/C29H32F3N5O5S/c1-29(2)14-42-28(36-29)15-7-8-19(22(10-15)43(3,39)40)34-20-11-16(12-21(38)17-13-18(17)30)33-26-24(20)35-27(25(31)32)37(26)23-6-4-5-9-41-23/h7-8,10-11,17-18,23,25H,4-6,9,12-14H2,1-3H3,(H,33,34)/t17-,18+,23?/m0/s1. The van der Waals surface area contributed by atoms with Crippen LogP contribution in [0.5, 0.6) is 0 Å². The Labute approximate surface area is 246 Å². The van der Waals surface area contributed by atoms with E-state index in [1.807, 2.05) is 13.8 Å². The number of Topliss-reactive ketones (excluding diaryl/α,β-unsaturated/α-hetero) is 1. The molecule has 43 heavy (non-hydrogen) atoms. The monoisotopic (exact) mass is 619 g/mol. The second-order valence-electron chi connectivity index (χ2n) is 11.9. The van der Waals surface area contributed by atoms with Crippen LogP contribution in [0.4, 0.5) is 24.5 Å². The molecule has 0 spiro atoms. The first-order chi connectivity index (χ1) is 20.3. The number of pyridine rings is 1. The lowest BCUT2D eigenvalue weighted by Crippen LogP contribution is -2.21. The van der Waals surface area contributed by atoms with E-state index in [1.165, 1.54) is 22.8 Å². The zero-order valence-electron chi connectivity index (χ0n) is 23.9. The number of anilines is 2. The number of rotatable bonds is 9. The molecule has 1 aliphatic carbocycles. The molecular formula is C29H32F3N5O5S. The molecule has 1 saturated heterocycles. The Morgan fingerprint density at radius 2 is 1.95 bits per heavy atom. The van der Waals surface area contributed by atoms with Gasteiger partial charge in [0.05, 0.1) is 33.4 Å². The molecule has 0 radical (unpaired) electrons. The van der Waals surface area contributed by atoms with Crippen molar-refractivity contribution in [2.45, 2.75) is 75.2 Å². The number of ether oxygens (including phenoxy) is 2. The van der Waals surface area contributed by atoms with E-state index in [9.17, 15) is 26.4 Å². The Balaban J connectivity index is 1.48. The number of benzene rings is 1. The maximum absolute atomic E-state index is 14.3. The summed E-state index contributed by atoms with van der Waals surface area (Å²) in [5.41, 5.74) is 0.671. The number of nitrogens with one attached hydrogen (secondary N) is 1. The maximum Gasteiger partial charge on any atom is 0.295 e. The number of sulfone groups is 1. The highest BCUT2D eigenvalue weighted by molar-refractivity contribution is 7.90. The van der Waals surface area contributed by atoms with Crippen molar-refractivity contribution < 1.29 is 35.9 Å². The number of alkyl halides is 3. The van der Waals surface area contributed by atoms with Gasteiger partial charge in [-0.2, -0.15) is 0 Å². The third-order valence-electron chi connectivity index (χ3n) is 7.71. The predicted molar refractivity (Wildman–Crippen MR) is 152 cm³/mol. The van der Waals surface area contributed by atoms with Crippen LogP contribution in [-0.2, 0) is 30.5 Å². The molecule has 1 aromatic carbocycles. The number of fused-ring (bicyclic) bond motifs is 1. The first-order valence-electron chi connectivity index (χ1n) is 14.1. The van der Waals surface area contributed by atoms with Crippen molar-refractivity contribution >= 4 is 44.1 Å². The number of halogens is 3. The largest absolute Gasteiger partial charge is 0.475 e. The quantitative estimate of drug-likeness (QED) is 0.345.